The number of aromatic nitrogens is 2. The molecule has 0 saturated carbocycles. The first kappa shape index (κ1) is 11.4. The average molecular weight is 210 g/mol. The summed E-state index contributed by atoms with van der Waals surface area (Å²) in [7, 11) is 0. The highest BCUT2D eigenvalue weighted by Crippen LogP contribution is 2.07. The number of esters is 1. The molecule has 1 unspecified atom stereocenters. The van der Waals surface area contributed by atoms with Gasteiger partial charge < -0.3 is 9.47 Å². The second-order valence-corrected chi connectivity index (χ2v) is 3.03. The van der Waals surface area contributed by atoms with Gasteiger partial charge in [-0.1, -0.05) is 0 Å². The van der Waals surface area contributed by atoms with E-state index in [2.05, 4.69) is 10.2 Å². The van der Waals surface area contributed by atoms with Crippen LogP contribution in [0.3, 0.4) is 0 Å². The summed E-state index contributed by atoms with van der Waals surface area (Å²) in [4.78, 5) is 11.2. The van der Waals surface area contributed by atoms with Crippen molar-refractivity contribution >= 4 is 5.97 Å². The Labute approximate surface area is 88.4 Å². The van der Waals surface area contributed by atoms with Crippen molar-refractivity contribution in [3.8, 4) is 5.88 Å². The van der Waals surface area contributed by atoms with E-state index in [-0.39, 0.29) is 0 Å². The average Bonchev–Trinajstić information content (AvgIpc) is 2.22. The predicted octanol–water partition coefficient (Wildman–Crippen LogP) is 1.12. The van der Waals surface area contributed by atoms with Gasteiger partial charge in [-0.25, -0.2) is 4.79 Å². The summed E-state index contributed by atoms with van der Waals surface area (Å²) < 4.78 is 10.0. The van der Waals surface area contributed by atoms with Gasteiger partial charge in [0.2, 0.25) is 5.88 Å². The van der Waals surface area contributed by atoms with Gasteiger partial charge in [0.15, 0.2) is 6.10 Å². The molecule has 0 aliphatic heterocycles. The van der Waals surface area contributed by atoms with Crippen molar-refractivity contribution in [3.63, 3.8) is 0 Å². The standard InChI is InChI=1S/C10H14N2O3/c1-4-14-10(13)8(3)15-9-6-5-7(2)11-12-9/h5-6,8H,4H2,1-3H3. The lowest BCUT2D eigenvalue weighted by Crippen LogP contribution is -2.26. The Morgan fingerprint density at radius 1 is 1.47 bits per heavy atom. The Morgan fingerprint density at radius 2 is 2.20 bits per heavy atom. The summed E-state index contributed by atoms with van der Waals surface area (Å²) in [5.41, 5.74) is 0.797. The first-order valence-corrected chi connectivity index (χ1v) is 4.77. The van der Waals surface area contributed by atoms with E-state index in [0.29, 0.717) is 12.5 Å². The molecule has 5 heteroatoms. The Morgan fingerprint density at radius 3 is 2.73 bits per heavy atom. The molecule has 0 bridgehead atoms. The maximum absolute atomic E-state index is 11.2. The molecule has 0 saturated heterocycles. The van der Waals surface area contributed by atoms with E-state index in [9.17, 15) is 4.79 Å². The quantitative estimate of drug-likeness (QED) is 0.697. The molecule has 0 N–H and O–H groups in total. The van der Waals surface area contributed by atoms with E-state index in [4.69, 9.17) is 9.47 Å². The molecule has 5 nitrogen and oxygen atoms in total. The number of hydrogen-bond donors (Lipinski definition) is 0. The molecule has 0 radical (unpaired) electrons. The van der Waals surface area contributed by atoms with Crippen molar-refractivity contribution in [1.82, 2.24) is 10.2 Å². The van der Waals surface area contributed by atoms with Gasteiger partial charge >= 0.3 is 5.97 Å². The van der Waals surface area contributed by atoms with Crippen molar-refractivity contribution in [2.45, 2.75) is 26.9 Å². The smallest absolute Gasteiger partial charge is 0.347 e. The number of carbonyl (C=O) groups excluding carboxylic acids is 1. The van der Waals surface area contributed by atoms with Crippen LogP contribution in [-0.4, -0.2) is 28.9 Å². The van der Waals surface area contributed by atoms with E-state index in [0.717, 1.165) is 5.69 Å². The summed E-state index contributed by atoms with van der Waals surface area (Å²) in [6, 6.07) is 3.43. The van der Waals surface area contributed by atoms with Crippen LogP contribution in [0.4, 0.5) is 0 Å². The third-order valence-electron chi connectivity index (χ3n) is 1.69. The van der Waals surface area contributed by atoms with Crippen LogP contribution in [-0.2, 0) is 9.53 Å². The number of ether oxygens (including phenoxy) is 2. The third kappa shape index (κ3) is 3.53. The minimum absolute atomic E-state index is 0.321. The zero-order valence-corrected chi connectivity index (χ0v) is 9.06. The second kappa shape index (κ2) is 5.29. The van der Waals surface area contributed by atoms with Crippen molar-refractivity contribution < 1.29 is 14.3 Å². The molecule has 0 fully saturated rings. The van der Waals surface area contributed by atoms with E-state index < -0.39 is 12.1 Å². The lowest BCUT2D eigenvalue weighted by Gasteiger charge is -2.11. The van der Waals surface area contributed by atoms with Gasteiger partial charge in [-0.3, -0.25) is 0 Å². The number of aryl methyl sites for hydroxylation is 1. The molecular formula is C10H14N2O3. The molecule has 0 amide bonds. The Hall–Kier alpha value is -1.65. The van der Waals surface area contributed by atoms with E-state index in [1.54, 1.807) is 26.0 Å². The largest absolute Gasteiger partial charge is 0.463 e. The van der Waals surface area contributed by atoms with E-state index >= 15 is 0 Å². The lowest BCUT2D eigenvalue weighted by atomic mass is 10.4. The highest BCUT2D eigenvalue weighted by atomic mass is 16.6. The molecule has 1 heterocycles. The maximum Gasteiger partial charge on any atom is 0.347 e. The fraction of sp³-hybridized carbons (Fsp3) is 0.500. The number of nitrogens with zero attached hydrogens (tertiary/aromatic N) is 2. The highest BCUT2D eigenvalue weighted by molar-refractivity contribution is 5.74. The van der Waals surface area contributed by atoms with Gasteiger partial charge in [-0.15, -0.1) is 5.10 Å². The molecule has 1 aromatic heterocycles. The molecule has 1 aromatic rings. The summed E-state index contributed by atoms with van der Waals surface area (Å²) in [5, 5.41) is 7.59. The topological polar surface area (TPSA) is 61.3 Å². The number of carbonyl (C=O) groups is 1. The summed E-state index contributed by atoms with van der Waals surface area (Å²) in [6.45, 7) is 5.52. The van der Waals surface area contributed by atoms with Crippen LogP contribution in [0.1, 0.15) is 19.5 Å². The Bertz CT molecular complexity index is 324. The fourth-order valence-corrected chi connectivity index (χ4v) is 0.938. The monoisotopic (exact) mass is 210 g/mol. The lowest BCUT2D eigenvalue weighted by molar-refractivity contribution is -0.150. The first-order chi connectivity index (χ1) is 7.13. The zero-order valence-electron chi connectivity index (χ0n) is 9.06. The van der Waals surface area contributed by atoms with E-state index in [1.807, 2.05) is 6.92 Å². The zero-order chi connectivity index (χ0) is 11.3. The van der Waals surface area contributed by atoms with E-state index in [1.165, 1.54) is 0 Å². The van der Waals surface area contributed by atoms with Gasteiger partial charge in [0.25, 0.3) is 0 Å². The van der Waals surface area contributed by atoms with Gasteiger partial charge in [-0.2, -0.15) is 5.10 Å². The van der Waals surface area contributed by atoms with Crippen LogP contribution in [0, 0.1) is 6.92 Å². The van der Waals surface area contributed by atoms with Crippen molar-refractivity contribution in [2.75, 3.05) is 6.61 Å². The van der Waals surface area contributed by atoms with Gasteiger partial charge in [0.1, 0.15) is 0 Å². The molecule has 0 aliphatic rings. The summed E-state index contributed by atoms with van der Waals surface area (Å²) >= 11 is 0. The number of rotatable bonds is 4. The minimum atomic E-state index is -0.665. The predicted molar refractivity (Wildman–Crippen MR) is 53.5 cm³/mol. The Balaban J connectivity index is 2.54. The third-order valence-corrected chi connectivity index (χ3v) is 1.69. The van der Waals surface area contributed by atoms with Gasteiger partial charge in [0.05, 0.1) is 12.3 Å². The SMILES string of the molecule is CCOC(=O)C(C)Oc1ccc(C)nn1. The molecule has 0 aromatic carbocycles. The van der Waals surface area contributed by atoms with Crippen LogP contribution in [0.25, 0.3) is 0 Å². The van der Waals surface area contributed by atoms with Crippen molar-refractivity contribution in [3.05, 3.63) is 17.8 Å². The Kier molecular flexibility index (Phi) is 4.03. The number of hydrogen-bond acceptors (Lipinski definition) is 5. The van der Waals surface area contributed by atoms with Crippen LogP contribution in [0.15, 0.2) is 12.1 Å². The van der Waals surface area contributed by atoms with Crippen LogP contribution in [0.5, 0.6) is 5.88 Å². The first-order valence-electron chi connectivity index (χ1n) is 4.77. The molecule has 1 atom stereocenters. The molecule has 15 heavy (non-hydrogen) atoms. The molecule has 82 valence electrons. The highest BCUT2D eigenvalue weighted by Gasteiger charge is 2.16. The normalized spacial score (nSPS) is 11.9. The molecule has 1 rings (SSSR count). The van der Waals surface area contributed by atoms with Gasteiger partial charge in [-0.05, 0) is 26.8 Å². The van der Waals surface area contributed by atoms with Crippen LogP contribution >= 0.6 is 0 Å². The molecular weight excluding hydrogens is 196 g/mol. The van der Waals surface area contributed by atoms with Crippen molar-refractivity contribution in [1.29, 1.82) is 0 Å². The van der Waals surface area contributed by atoms with Crippen LogP contribution < -0.4 is 4.74 Å². The maximum atomic E-state index is 11.2. The van der Waals surface area contributed by atoms with Crippen molar-refractivity contribution in [2.24, 2.45) is 0 Å². The van der Waals surface area contributed by atoms with Crippen LogP contribution in [0.2, 0.25) is 0 Å². The molecule has 0 aliphatic carbocycles. The fourth-order valence-electron chi connectivity index (χ4n) is 0.938. The van der Waals surface area contributed by atoms with Gasteiger partial charge in [0, 0.05) is 6.07 Å². The minimum Gasteiger partial charge on any atom is -0.463 e. The molecule has 0 spiro atoms. The summed E-state index contributed by atoms with van der Waals surface area (Å²) in [6.07, 6.45) is -0.665. The second-order valence-electron chi connectivity index (χ2n) is 3.03. The summed E-state index contributed by atoms with van der Waals surface area (Å²) in [5.74, 6) is -0.0824.